The fourth-order valence-electron chi connectivity index (χ4n) is 3.21. The van der Waals surface area contributed by atoms with E-state index in [2.05, 4.69) is 5.32 Å². The second kappa shape index (κ2) is 6.84. The minimum atomic E-state index is -0.434. The second-order valence-electron chi connectivity index (χ2n) is 5.85. The molecule has 0 radical (unpaired) electrons. The number of carbonyl (C=O) groups excluding carboxylic acids is 2. The lowest BCUT2D eigenvalue weighted by atomic mass is 10.0. The van der Waals surface area contributed by atoms with E-state index in [1.54, 1.807) is 32.2 Å². The largest absolute Gasteiger partial charge is 0.496 e. The third kappa shape index (κ3) is 2.91. The van der Waals surface area contributed by atoms with E-state index in [-0.39, 0.29) is 18.4 Å². The lowest BCUT2D eigenvalue weighted by Crippen LogP contribution is -2.50. The molecule has 1 N–H and O–H groups in total. The van der Waals surface area contributed by atoms with Crippen LogP contribution < -0.4 is 15.0 Å². The maximum absolute atomic E-state index is 12.9. The summed E-state index contributed by atoms with van der Waals surface area (Å²) < 4.78 is 5.48. The summed E-state index contributed by atoms with van der Waals surface area (Å²) in [6.07, 6.45) is -0.434. The molecule has 6 nitrogen and oxygen atoms in total. The first-order valence-electron chi connectivity index (χ1n) is 8.04. The Kier molecular flexibility index (Phi) is 4.61. The minimum absolute atomic E-state index is 0.0836. The Morgan fingerprint density at radius 3 is 2.56 bits per heavy atom. The number of amides is 2. The molecule has 0 unspecified atom stereocenters. The number of ether oxygens (including phenoxy) is 1. The number of likely N-dealkylation sites (N-methyl/N-ethyl adjacent to an activating group) is 1. The van der Waals surface area contributed by atoms with Crippen molar-refractivity contribution in [3.8, 4) is 5.75 Å². The molecule has 25 heavy (non-hydrogen) atoms. The van der Waals surface area contributed by atoms with Gasteiger partial charge in [0.05, 0.1) is 24.9 Å². The van der Waals surface area contributed by atoms with E-state index in [0.717, 1.165) is 11.3 Å². The minimum Gasteiger partial charge on any atom is -0.496 e. The maximum atomic E-state index is 12.9. The van der Waals surface area contributed by atoms with Gasteiger partial charge in [-0.2, -0.15) is 0 Å². The van der Waals surface area contributed by atoms with Gasteiger partial charge >= 0.3 is 0 Å². The monoisotopic (exact) mass is 339 g/mol. The topological polar surface area (TPSA) is 61.9 Å². The van der Waals surface area contributed by atoms with Gasteiger partial charge in [-0.15, -0.1) is 0 Å². The molecule has 0 aliphatic carbocycles. The smallest absolute Gasteiger partial charge is 0.257 e. The van der Waals surface area contributed by atoms with Crippen molar-refractivity contribution in [3.05, 3.63) is 59.7 Å². The third-order valence-electron chi connectivity index (χ3n) is 4.44. The highest BCUT2D eigenvalue weighted by Crippen LogP contribution is 2.40. The molecule has 0 saturated carbocycles. The summed E-state index contributed by atoms with van der Waals surface area (Å²) >= 11 is 0. The number of methoxy groups -OCH3 is 1. The van der Waals surface area contributed by atoms with E-state index < -0.39 is 6.17 Å². The predicted molar refractivity (Wildman–Crippen MR) is 95.7 cm³/mol. The van der Waals surface area contributed by atoms with Crippen LogP contribution in [0.1, 0.15) is 22.1 Å². The standard InChI is InChI=1S/C19H21N3O3/c1-20-17(23)12-22-15-10-6-4-8-13(15)19(24)21(2)18(22)14-9-5-7-11-16(14)25-3/h4-11,18H,12H2,1-3H3,(H,20,23)/t18-/m0/s1. The Morgan fingerprint density at radius 1 is 1.16 bits per heavy atom. The zero-order valence-electron chi connectivity index (χ0n) is 14.5. The van der Waals surface area contributed by atoms with E-state index in [1.165, 1.54) is 0 Å². The average molecular weight is 339 g/mol. The summed E-state index contributed by atoms with van der Waals surface area (Å²) in [5, 5.41) is 2.65. The van der Waals surface area contributed by atoms with Crippen LogP contribution in [0.4, 0.5) is 5.69 Å². The molecule has 2 amide bonds. The molecule has 2 aromatic carbocycles. The van der Waals surface area contributed by atoms with Gasteiger partial charge in [-0.3, -0.25) is 9.59 Å². The van der Waals surface area contributed by atoms with Crippen LogP contribution in [0.3, 0.4) is 0 Å². The van der Waals surface area contributed by atoms with E-state index in [1.807, 2.05) is 47.4 Å². The fraction of sp³-hybridized carbons (Fsp3) is 0.263. The molecule has 3 rings (SSSR count). The van der Waals surface area contributed by atoms with Crippen molar-refractivity contribution < 1.29 is 14.3 Å². The highest BCUT2D eigenvalue weighted by molar-refractivity contribution is 6.02. The van der Waals surface area contributed by atoms with Crippen LogP contribution in [0.15, 0.2) is 48.5 Å². The number of hydrogen-bond donors (Lipinski definition) is 1. The number of fused-ring (bicyclic) bond motifs is 1. The van der Waals surface area contributed by atoms with Crippen LogP contribution in [-0.2, 0) is 4.79 Å². The van der Waals surface area contributed by atoms with Crippen molar-refractivity contribution in [2.45, 2.75) is 6.17 Å². The quantitative estimate of drug-likeness (QED) is 0.926. The van der Waals surface area contributed by atoms with Crippen molar-refractivity contribution in [2.24, 2.45) is 0 Å². The molecule has 0 bridgehead atoms. The number of anilines is 1. The van der Waals surface area contributed by atoms with Crippen LogP contribution in [0, 0.1) is 0 Å². The number of nitrogens with one attached hydrogen (secondary N) is 1. The molecule has 0 spiro atoms. The molecule has 1 aliphatic heterocycles. The summed E-state index contributed by atoms with van der Waals surface area (Å²) in [5.74, 6) is 0.463. The molecule has 2 aromatic rings. The average Bonchev–Trinajstić information content (AvgIpc) is 2.66. The zero-order chi connectivity index (χ0) is 18.0. The summed E-state index contributed by atoms with van der Waals surface area (Å²) in [4.78, 5) is 28.5. The number of rotatable bonds is 4. The number of carbonyl (C=O) groups is 2. The van der Waals surface area contributed by atoms with Crippen LogP contribution >= 0.6 is 0 Å². The Morgan fingerprint density at radius 2 is 1.84 bits per heavy atom. The number of nitrogens with zero attached hydrogens (tertiary/aromatic N) is 2. The van der Waals surface area contributed by atoms with Crippen molar-refractivity contribution in [2.75, 3.05) is 32.6 Å². The first-order chi connectivity index (χ1) is 12.1. The van der Waals surface area contributed by atoms with Gasteiger partial charge in [-0.05, 0) is 18.2 Å². The molecule has 1 heterocycles. The molecule has 0 saturated heterocycles. The van der Waals surface area contributed by atoms with E-state index in [9.17, 15) is 9.59 Å². The van der Waals surface area contributed by atoms with Gasteiger partial charge in [0.15, 0.2) is 0 Å². The summed E-state index contributed by atoms with van der Waals surface area (Å²) in [6.45, 7) is 0.133. The molecule has 0 fully saturated rings. The van der Waals surface area contributed by atoms with Gasteiger partial charge in [0.2, 0.25) is 5.91 Å². The van der Waals surface area contributed by atoms with E-state index >= 15 is 0 Å². The number of para-hydroxylation sites is 2. The van der Waals surface area contributed by atoms with Crippen LogP contribution in [0.2, 0.25) is 0 Å². The van der Waals surface area contributed by atoms with Gasteiger partial charge in [-0.25, -0.2) is 0 Å². The first-order valence-corrected chi connectivity index (χ1v) is 8.04. The fourth-order valence-corrected chi connectivity index (χ4v) is 3.21. The van der Waals surface area contributed by atoms with E-state index in [0.29, 0.717) is 11.3 Å². The Labute approximate surface area is 147 Å². The molecule has 1 aliphatic rings. The van der Waals surface area contributed by atoms with Gasteiger partial charge in [0.25, 0.3) is 5.91 Å². The highest BCUT2D eigenvalue weighted by Gasteiger charge is 2.38. The Hall–Kier alpha value is -3.02. The molecule has 1 atom stereocenters. The summed E-state index contributed by atoms with van der Waals surface area (Å²) in [7, 11) is 4.94. The van der Waals surface area contributed by atoms with Crippen molar-refractivity contribution in [1.29, 1.82) is 0 Å². The lowest BCUT2D eigenvalue weighted by molar-refractivity contribution is -0.119. The molecular formula is C19H21N3O3. The van der Waals surface area contributed by atoms with Crippen molar-refractivity contribution in [3.63, 3.8) is 0 Å². The van der Waals surface area contributed by atoms with Crippen LogP contribution in [0.25, 0.3) is 0 Å². The van der Waals surface area contributed by atoms with Crippen LogP contribution in [0.5, 0.6) is 5.75 Å². The molecule has 130 valence electrons. The molecular weight excluding hydrogens is 318 g/mol. The normalized spacial score (nSPS) is 16.4. The van der Waals surface area contributed by atoms with Crippen molar-refractivity contribution in [1.82, 2.24) is 10.2 Å². The second-order valence-corrected chi connectivity index (χ2v) is 5.85. The Balaban J connectivity index is 2.17. The predicted octanol–water partition coefficient (Wildman–Crippen LogP) is 2.03. The summed E-state index contributed by atoms with van der Waals surface area (Å²) in [6, 6.07) is 14.9. The van der Waals surface area contributed by atoms with E-state index in [4.69, 9.17) is 4.74 Å². The van der Waals surface area contributed by atoms with Crippen molar-refractivity contribution >= 4 is 17.5 Å². The SMILES string of the molecule is CNC(=O)CN1c2ccccc2C(=O)N(C)[C@@H]1c1ccccc1OC. The third-order valence-corrected chi connectivity index (χ3v) is 4.44. The van der Waals surface area contributed by atoms with Gasteiger partial charge in [-0.1, -0.05) is 30.3 Å². The number of benzene rings is 2. The summed E-state index contributed by atoms with van der Waals surface area (Å²) in [5.41, 5.74) is 2.16. The molecule has 6 heteroatoms. The molecule has 0 aromatic heterocycles. The van der Waals surface area contributed by atoms with Crippen LogP contribution in [-0.4, -0.2) is 44.5 Å². The highest BCUT2D eigenvalue weighted by atomic mass is 16.5. The zero-order valence-corrected chi connectivity index (χ0v) is 14.5. The van der Waals surface area contributed by atoms with Gasteiger partial charge in [0, 0.05) is 19.7 Å². The maximum Gasteiger partial charge on any atom is 0.257 e. The lowest BCUT2D eigenvalue weighted by Gasteiger charge is -2.44. The Bertz CT molecular complexity index is 806. The van der Waals surface area contributed by atoms with Gasteiger partial charge < -0.3 is 19.9 Å². The number of hydrogen-bond acceptors (Lipinski definition) is 4. The first kappa shape index (κ1) is 16.8. The van der Waals surface area contributed by atoms with Gasteiger partial charge in [0.1, 0.15) is 11.9 Å².